The van der Waals surface area contributed by atoms with Crippen molar-refractivity contribution in [3.8, 4) is 22.5 Å². The maximum atomic E-state index is 12.9. The van der Waals surface area contributed by atoms with Gasteiger partial charge in [0.2, 0.25) is 5.91 Å². The van der Waals surface area contributed by atoms with Gasteiger partial charge in [0.15, 0.2) is 11.0 Å². The van der Waals surface area contributed by atoms with E-state index in [1.807, 2.05) is 29.8 Å². The van der Waals surface area contributed by atoms with Gasteiger partial charge in [-0.1, -0.05) is 42.1 Å². The Morgan fingerprint density at radius 2 is 1.95 bits per heavy atom. The van der Waals surface area contributed by atoms with Gasteiger partial charge < -0.3 is 14.6 Å². The van der Waals surface area contributed by atoms with Gasteiger partial charge in [0, 0.05) is 33.3 Å². The minimum Gasteiger partial charge on any atom is -0.462 e. The van der Waals surface area contributed by atoms with Crippen LogP contribution in [0.15, 0.2) is 40.9 Å². The highest BCUT2D eigenvalue weighted by atomic mass is 32.2. The van der Waals surface area contributed by atoms with Crippen molar-refractivity contribution in [2.24, 2.45) is 7.05 Å². The van der Waals surface area contributed by atoms with E-state index >= 15 is 0 Å². The highest BCUT2D eigenvalue weighted by Crippen LogP contribution is 2.40. The van der Waals surface area contributed by atoms with Crippen molar-refractivity contribution in [3.05, 3.63) is 56.6 Å². The molecule has 10 heteroatoms. The number of ether oxygens (including phenoxy) is 1. The van der Waals surface area contributed by atoms with Gasteiger partial charge in [0.1, 0.15) is 5.00 Å². The number of thioether (sulfide) groups is 1. The fourth-order valence-electron chi connectivity index (χ4n) is 4.62. The number of hydrogen-bond acceptors (Lipinski definition) is 8. The third-order valence-corrected chi connectivity index (χ3v) is 9.49. The van der Waals surface area contributed by atoms with Crippen molar-refractivity contribution in [1.29, 1.82) is 0 Å². The monoisotopic (exact) mass is 552 g/mol. The fourth-order valence-corrected chi connectivity index (χ4v) is 7.49. The van der Waals surface area contributed by atoms with Crippen LogP contribution in [0.4, 0.5) is 5.00 Å². The molecule has 0 radical (unpaired) electrons. The summed E-state index contributed by atoms with van der Waals surface area (Å²) in [6.45, 7) is 4.21. The molecule has 0 saturated carbocycles. The van der Waals surface area contributed by atoms with Crippen molar-refractivity contribution in [1.82, 2.24) is 14.8 Å². The number of carbonyl (C=O) groups excluding carboxylic acids is 2. The molecule has 0 saturated heterocycles. The Morgan fingerprint density at radius 1 is 1.16 bits per heavy atom. The Balaban J connectivity index is 1.32. The van der Waals surface area contributed by atoms with Gasteiger partial charge in [-0.15, -0.1) is 32.9 Å². The lowest BCUT2D eigenvalue weighted by Crippen LogP contribution is -2.17. The molecule has 7 nitrogen and oxygen atoms in total. The van der Waals surface area contributed by atoms with Crippen LogP contribution >= 0.6 is 34.4 Å². The van der Waals surface area contributed by atoms with E-state index in [-0.39, 0.29) is 17.6 Å². The molecule has 0 aliphatic heterocycles. The molecule has 0 bridgehead atoms. The topological polar surface area (TPSA) is 86.1 Å². The van der Waals surface area contributed by atoms with E-state index in [9.17, 15) is 9.59 Å². The van der Waals surface area contributed by atoms with E-state index in [2.05, 4.69) is 40.0 Å². The van der Waals surface area contributed by atoms with Gasteiger partial charge in [-0.3, -0.25) is 4.79 Å². The summed E-state index contributed by atoms with van der Waals surface area (Å²) in [5, 5.41) is 15.2. The number of aromatic nitrogens is 3. The standard InChI is InChI=1S/C27H28N4O3S3/c1-4-34-26(33)23-18-12-8-9-13-20(18)37-25(23)28-21(32)15-36-27-30-29-24(31(27)3)19-14-35-16(2)22(19)17-10-6-5-7-11-17/h5-7,10-11,14H,4,8-9,12-13,15H2,1-3H3,(H,28,32). The van der Waals surface area contributed by atoms with Crippen LogP contribution in [-0.2, 0) is 29.4 Å². The lowest BCUT2D eigenvalue weighted by Gasteiger charge is -2.12. The molecule has 0 atom stereocenters. The summed E-state index contributed by atoms with van der Waals surface area (Å²) in [5.41, 5.74) is 4.90. The van der Waals surface area contributed by atoms with Crippen LogP contribution in [-0.4, -0.2) is 39.0 Å². The lowest BCUT2D eigenvalue weighted by atomic mass is 9.95. The molecule has 3 aromatic heterocycles. The normalized spacial score (nSPS) is 12.8. The second-order valence-electron chi connectivity index (χ2n) is 8.78. The number of thiophene rings is 2. The number of rotatable bonds is 8. The third-order valence-electron chi connectivity index (χ3n) is 6.35. The van der Waals surface area contributed by atoms with Crippen LogP contribution < -0.4 is 5.32 Å². The molecule has 4 aromatic rings. The first-order valence-electron chi connectivity index (χ1n) is 12.3. The molecule has 0 spiro atoms. The number of nitrogens with one attached hydrogen (secondary N) is 1. The van der Waals surface area contributed by atoms with E-state index in [0.29, 0.717) is 22.3 Å². The summed E-state index contributed by atoms with van der Waals surface area (Å²) < 4.78 is 7.23. The van der Waals surface area contributed by atoms with Crippen molar-refractivity contribution >= 4 is 51.3 Å². The molecule has 1 aliphatic rings. The van der Waals surface area contributed by atoms with Gasteiger partial charge in [0.25, 0.3) is 0 Å². The number of carbonyl (C=O) groups is 2. The van der Waals surface area contributed by atoms with Crippen LogP contribution in [0.1, 0.15) is 45.4 Å². The van der Waals surface area contributed by atoms with E-state index in [0.717, 1.165) is 53.8 Å². The summed E-state index contributed by atoms with van der Waals surface area (Å²) in [6, 6.07) is 10.3. The zero-order chi connectivity index (χ0) is 25.9. The zero-order valence-electron chi connectivity index (χ0n) is 21.0. The second-order valence-corrected chi connectivity index (χ2v) is 11.9. The second kappa shape index (κ2) is 11.2. The van der Waals surface area contributed by atoms with E-state index in [1.54, 1.807) is 18.3 Å². The Hall–Kier alpha value is -2.95. The molecule has 1 N–H and O–H groups in total. The van der Waals surface area contributed by atoms with Crippen molar-refractivity contribution < 1.29 is 14.3 Å². The molecular formula is C27H28N4O3S3. The van der Waals surface area contributed by atoms with Crippen LogP contribution in [0.25, 0.3) is 22.5 Å². The number of benzene rings is 1. The maximum Gasteiger partial charge on any atom is 0.341 e. The molecule has 1 aliphatic carbocycles. The summed E-state index contributed by atoms with van der Waals surface area (Å²) in [5.74, 6) is 0.380. The minimum absolute atomic E-state index is 0.158. The Kier molecular flexibility index (Phi) is 7.78. The molecule has 5 rings (SSSR count). The summed E-state index contributed by atoms with van der Waals surface area (Å²) in [6.07, 6.45) is 3.93. The zero-order valence-corrected chi connectivity index (χ0v) is 23.4. The molecule has 1 amide bonds. The first-order chi connectivity index (χ1) is 18.0. The van der Waals surface area contributed by atoms with Crippen molar-refractivity contribution in [2.45, 2.75) is 44.7 Å². The quantitative estimate of drug-likeness (QED) is 0.202. The van der Waals surface area contributed by atoms with Gasteiger partial charge >= 0.3 is 5.97 Å². The molecule has 192 valence electrons. The predicted molar refractivity (Wildman–Crippen MR) is 151 cm³/mol. The summed E-state index contributed by atoms with van der Waals surface area (Å²) >= 11 is 4.51. The fraction of sp³-hybridized carbons (Fsp3) is 0.333. The molecule has 0 fully saturated rings. The van der Waals surface area contributed by atoms with Crippen LogP contribution in [0.5, 0.6) is 0 Å². The first kappa shape index (κ1) is 25.7. The summed E-state index contributed by atoms with van der Waals surface area (Å²) in [7, 11) is 1.92. The third kappa shape index (κ3) is 5.23. The number of hydrogen-bond donors (Lipinski definition) is 1. The van der Waals surface area contributed by atoms with Crippen molar-refractivity contribution in [2.75, 3.05) is 17.7 Å². The largest absolute Gasteiger partial charge is 0.462 e. The first-order valence-corrected chi connectivity index (χ1v) is 14.9. The van der Waals surface area contributed by atoms with Gasteiger partial charge in [0.05, 0.1) is 17.9 Å². The van der Waals surface area contributed by atoms with Crippen molar-refractivity contribution in [3.63, 3.8) is 0 Å². The Labute approximate surface area is 228 Å². The van der Waals surface area contributed by atoms with Crippen LogP contribution in [0, 0.1) is 6.92 Å². The smallest absolute Gasteiger partial charge is 0.341 e. The average molecular weight is 553 g/mol. The van der Waals surface area contributed by atoms with Gasteiger partial charge in [-0.05, 0) is 50.7 Å². The maximum absolute atomic E-state index is 12.9. The van der Waals surface area contributed by atoms with E-state index in [1.165, 1.54) is 32.9 Å². The van der Waals surface area contributed by atoms with E-state index in [4.69, 9.17) is 4.74 Å². The molecule has 1 aromatic carbocycles. The Morgan fingerprint density at radius 3 is 2.73 bits per heavy atom. The molecule has 0 unspecified atom stereocenters. The number of nitrogens with zero attached hydrogens (tertiary/aromatic N) is 3. The minimum atomic E-state index is -0.358. The average Bonchev–Trinajstić information content (AvgIpc) is 3.57. The molecule has 3 heterocycles. The summed E-state index contributed by atoms with van der Waals surface area (Å²) in [4.78, 5) is 28.0. The highest BCUT2D eigenvalue weighted by molar-refractivity contribution is 7.99. The predicted octanol–water partition coefficient (Wildman–Crippen LogP) is 6.37. The highest BCUT2D eigenvalue weighted by Gasteiger charge is 2.27. The lowest BCUT2D eigenvalue weighted by molar-refractivity contribution is -0.113. The molecule has 37 heavy (non-hydrogen) atoms. The van der Waals surface area contributed by atoms with E-state index < -0.39 is 0 Å². The molecular weight excluding hydrogens is 525 g/mol. The Bertz CT molecular complexity index is 1440. The SMILES string of the molecule is CCOC(=O)c1c(NC(=O)CSc2nnc(-c3csc(C)c3-c3ccccc3)n2C)sc2c1CCCC2. The number of aryl methyl sites for hydroxylation is 2. The van der Waals surface area contributed by atoms with Gasteiger partial charge in [-0.2, -0.15) is 0 Å². The van der Waals surface area contributed by atoms with Crippen LogP contribution in [0.3, 0.4) is 0 Å². The number of anilines is 1. The number of esters is 1. The van der Waals surface area contributed by atoms with Gasteiger partial charge in [-0.25, -0.2) is 4.79 Å². The number of amides is 1. The van der Waals surface area contributed by atoms with Crippen LogP contribution in [0.2, 0.25) is 0 Å². The number of fused-ring (bicyclic) bond motifs is 1.